The third-order valence-electron chi connectivity index (χ3n) is 4.07. The fraction of sp³-hybridized carbons (Fsp3) is 0.667. The Hall–Kier alpha value is -0.910. The van der Waals surface area contributed by atoms with E-state index in [1.807, 2.05) is 24.0 Å². The lowest BCUT2D eigenvalue weighted by atomic mass is 9.78. The summed E-state index contributed by atoms with van der Waals surface area (Å²) in [5, 5.41) is 9.75. The van der Waals surface area contributed by atoms with Crippen molar-refractivity contribution in [3.63, 3.8) is 0 Å². The fourth-order valence-corrected chi connectivity index (χ4v) is 3.65. The van der Waals surface area contributed by atoms with Crippen LogP contribution in [0.15, 0.2) is 12.1 Å². The minimum Gasteiger partial charge on any atom is -0.396 e. The number of aliphatic hydroxyl groups is 1. The van der Waals surface area contributed by atoms with Gasteiger partial charge in [0, 0.05) is 37.1 Å². The largest absolute Gasteiger partial charge is 0.396 e. The van der Waals surface area contributed by atoms with E-state index < -0.39 is 0 Å². The summed E-state index contributed by atoms with van der Waals surface area (Å²) in [4.78, 5) is 16.3. The van der Waals surface area contributed by atoms with Crippen molar-refractivity contribution < 1.29 is 14.6 Å². The molecule has 20 heavy (non-hydrogen) atoms. The van der Waals surface area contributed by atoms with Crippen LogP contribution in [-0.4, -0.2) is 49.3 Å². The molecule has 1 amide bonds. The van der Waals surface area contributed by atoms with Gasteiger partial charge in [0.1, 0.15) is 0 Å². The molecule has 0 radical (unpaired) electrons. The zero-order valence-electron chi connectivity index (χ0n) is 12.2. The Bertz CT molecular complexity index is 460. The van der Waals surface area contributed by atoms with Crippen molar-refractivity contribution in [2.75, 3.05) is 33.4 Å². The lowest BCUT2D eigenvalue weighted by Crippen LogP contribution is -2.48. The Labute approximate surface area is 124 Å². The minimum atomic E-state index is -0.198. The van der Waals surface area contributed by atoms with Crippen LogP contribution in [-0.2, 0) is 4.74 Å². The van der Waals surface area contributed by atoms with E-state index in [9.17, 15) is 9.90 Å². The Morgan fingerprint density at radius 3 is 2.95 bits per heavy atom. The quantitative estimate of drug-likeness (QED) is 0.907. The molecule has 1 N–H and O–H groups in total. The zero-order valence-corrected chi connectivity index (χ0v) is 13.0. The van der Waals surface area contributed by atoms with E-state index in [2.05, 4.69) is 0 Å². The second-order valence-electron chi connectivity index (χ2n) is 5.64. The third kappa shape index (κ3) is 3.40. The monoisotopic (exact) mass is 297 g/mol. The first-order valence-electron chi connectivity index (χ1n) is 7.06. The molecular weight excluding hydrogens is 274 g/mol. The maximum atomic E-state index is 12.5. The second-order valence-corrected chi connectivity index (χ2v) is 6.93. The topological polar surface area (TPSA) is 49.8 Å². The van der Waals surface area contributed by atoms with Crippen LogP contribution in [0, 0.1) is 12.3 Å². The van der Waals surface area contributed by atoms with Crippen LogP contribution in [0.2, 0.25) is 0 Å². The van der Waals surface area contributed by atoms with Crippen molar-refractivity contribution in [3.05, 3.63) is 21.9 Å². The van der Waals surface area contributed by atoms with Crippen LogP contribution in [0.1, 0.15) is 33.8 Å². The Morgan fingerprint density at radius 2 is 2.35 bits per heavy atom. The highest BCUT2D eigenvalue weighted by Crippen LogP contribution is 2.34. The zero-order chi connectivity index (χ0) is 14.6. The molecule has 2 heterocycles. The average molecular weight is 297 g/mol. The molecule has 112 valence electrons. The molecule has 5 heteroatoms. The van der Waals surface area contributed by atoms with E-state index in [1.165, 1.54) is 11.3 Å². The lowest BCUT2D eigenvalue weighted by molar-refractivity contribution is 0.00919. The molecule has 2 rings (SSSR count). The van der Waals surface area contributed by atoms with E-state index in [-0.39, 0.29) is 17.9 Å². The number of aryl methyl sites for hydroxylation is 1. The van der Waals surface area contributed by atoms with Crippen LogP contribution in [0.5, 0.6) is 0 Å². The summed E-state index contributed by atoms with van der Waals surface area (Å²) in [7, 11) is 1.67. The van der Waals surface area contributed by atoms with Crippen LogP contribution in [0.3, 0.4) is 0 Å². The number of nitrogens with zero attached hydrogens (tertiary/aromatic N) is 1. The van der Waals surface area contributed by atoms with Gasteiger partial charge in [0.2, 0.25) is 0 Å². The number of carbonyl (C=O) groups excluding carboxylic acids is 1. The minimum absolute atomic E-state index is 0.0954. The molecule has 0 saturated carbocycles. The fourth-order valence-electron chi connectivity index (χ4n) is 2.82. The molecule has 4 nitrogen and oxygen atoms in total. The molecule has 1 fully saturated rings. The molecule has 0 bridgehead atoms. The van der Waals surface area contributed by atoms with Gasteiger partial charge in [-0.2, -0.15) is 0 Å². The number of methoxy groups -OCH3 is 1. The molecule has 0 unspecified atom stereocenters. The normalized spacial score (nSPS) is 23.1. The highest BCUT2D eigenvalue weighted by atomic mass is 32.1. The predicted octanol–water partition coefficient (Wildman–Crippen LogP) is 2.31. The number of amides is 1. The maximum Gasteiger partial charge on any atom is 0.263 e. The molecule has 0 spiro atoms. The van der Waals surface area contributed by atoms with Crippen molar-refractivity contribution in [3.8, 4) is 0 Å². The Morgan fingerprint density at radius 1 is 1.55 bits per heavy atom. The van der Waals surface area contributed by atoms with Gasteiger partial charge in [-0.1, -0.05) is 0 Å². The maximum absolute atomic E-state index is 12.5. The second kappa shape index (κ2) is 6.70. The van der Waals surface area contributed by atoms with Gasteiger partial charge in [-0.05, 0) is 38.3 Å². The van der Waals surface area contributed by atoms with Crippen molar-refractivity contribution in [2.24, 2.45) is 5.41 Å². The summed E-state index contributed by atoms with van der Waals surface area (Å²) in [6.07, 6.45) is 2.70. The van der Waals surface area contributed by atoms with Gasteiger partial charge in [0.15, 0.2) is 0 Å². The highest BCUT2D eigenvalue weighted by molar-refractivity contribution is 7.13. The smallest absolute Gasteiger partial charge is 0.263 e. The van der Waals surface area contributed by atoms with Crippen molar-refractivity contribution in [1.82, 2.24) is 4.90 Å². The van der Waals surface area contributed by atoms with E-state index in [4.69, 9.17) is 4.74 Å². The molecule has 1 saturated heterocycles. The summed E-state index contributed by atoms with van der Waals surface area (Å²) >= 11 is 1.54. The standard InChI is InChI=1S/C15H23NO3S/c1-12-4-5-13(20-12)14(18)16-8-3-6-15(10-16,11-17)7-9-19-2/h4-5,17H,3,6-11H2,1-2H3/t15-/m1/s1. The van der Waals surface area contributed by atoms with Gasteiger partial charge in [-0.15, -0.1) is 11.3 Å². The summed E-state index contributed by atoms with van der Waals surface area (Å²) in [6, 6.07) is 3.87. The van der Waals surface area contributed by atoms with Crippen LogP contribution < -0.4 is 0 Å². The number of aliphatic hydroxyl groups excluding tert-OH is 1. The van der Waals surface area contributed by atoms with Crippen molar-refractivity contribution in [1.29, 1.82) is 0 Å². The van der Waals surface area contributed by atoms with Crippen LogP contribution >= 0.6 is 11.3 Å². The first kappa shape index (κ1) is 15.5. The van der Waals surface area contributed by atoms with Crippen molar-refractivity contribution >= 4 is 17.2 Å². The van der Waals surface area contributed by atoms with Gasteiger partial charge in [-0.25, -0.2) is 0 Å². The molecular formula is C15H23NO3S. The number of hydrogen-bond acceptors (Lipinski definition) is 4. The predicted molar refractivity (Wildman–Crippen MR) is 80.2 cm³/mol. The van der Waals surface area contributed by atoms with E-state index >= 15 is 0 Å². The molecule has 0 aliphatic carbocycles. The first-order chi connectivity index (χ1) is 9.60. The van der Waals surface area contributed by atoms with Crippen LogP contribution in [0.25, 0.3) is 0 Å². The molecule has 1 aromatic rings. The Kier molecular flexibility index (Phi) is 5.18. The number of piperidine rings is 1. The summed E-state index contributed by atoms with van der Waals surface area (Å²) in [5.41, 5.74) is -0.198. The number of likely N-dealkylation sites (tertiary alicyclic amines) is 1. The lowest BCUT2D eigenvalue weighted by Gasteiger charge is -2.41. The molecule has 1 aromatic heterocycles. The van der Waals surface area contributed by atoms with Gasteiger partial charge < -0.3 is 14.7 Å². The molecule has 1 aliphatic heterocycles. The first-order valence-corrected chi connectivity index (χ1v) is 7.87. The number of ether oxygens (including phenoxy) is 1. The SMILES string of the molecule is COCC[C@]1(CO)CCCN(C(=O)c2ccc(C)s2)C1. The number of carbonyl (C=O) groups is 1. The molecule has 1 aliphatic rings. The van der Waals surface area contributed by atoms with Crippen molar-refractivity contribution in [2.45, 2.75) is 26.2 Å². The summed E-state index contributed by atoms with van der Waals surface area (Å²) in [5.74, 6) is 0.0954. The third-order valence-corrected chi connectivity index (χ3v) is 5.06. The van der Waals surface area contributed by atoms with E-state index in [0.717, 1.165) is 35.6 Å². The average Bonchev–Trinajstić information content (AvgIpc) is 2.91. The number of thiophene rings is 1. The van der Waals surface area contributed by atoms with Gasteiger partial charge >= 0.3 is 0 Å². The molecule has 1 atom stereocenters. The summed E-state index contributed by atoms with van der Waals surface area (Å²) in [6.45, 7) is 4.16. The number of rotatable bonds is 5. The summed E-state index contributed by atoms with van der Waals surface area (Å²) < 4.78 is 5.14. The Balaban J connectivity index is 2.07. The van der Waals surface area contributed by atoms with Crippen LogP contribution in [0.4, 0.5) is 0 Å². The number of hydrogen-bond donors (Lipinski definition) is 1. The van der Waals surface area contributed by atoms with Gasteiger partial charge in [0.05, 0.1) is 11.5 Å². The van der Waals surface area contributed by atoms with E-state index in [0.29, 0.717) is 13.2 Å². The van der Waals surface area contributed by atoms with Gasteiger partial charge in [0.25, 0.3) is 5.91 Å². The van der Waals surface area contributed by atoms with E-state index in [1.54, 1.807) is 7.11 Å². The molecule has 0 aromatic carbocycles. The van der Waals surface area contributed by atoms with Gasteiger partial charge in [-0.3, -0.25) is 4.79 Å². The highest BCUT2D eigenvalue weighted by Gasteiger charge is 2.36.